The van der Waals surface area contributed by atoms with Gasteiger partial charge in [0, 0.05) is 11.8 Å². The normalized spacial score (nSPS) is 10.4. The van der Waals surface area contributed by atoms with Crippen LogP contribution in [0.25, 0.3) is 11.1 Å². The van der Waals surface area contributed by atoms with Gasteiger partial charge in [-0.2, -0.15) is 0 Å². The average Bonchev–Trinajstić information content (AvgIpc) is 2.95. The fourth-order valence-corrected chi connectivity index (χ4v) is 1.99. The van der Waals surface area contributed by atoms with E-state index in [4.69, 9.17) is 4.74 Å². The molecule has 0 radical (unpaired) electrons. The average molecular weight is 268 g/mol. The summed E-state index contributed by atoms with van der Waals surface area (Å²) in [5.41, 5.74) is 2.14. The third-order valence-corrected chi connectivity index (χ3v) is 2.99. The maximum atomic E-state index is 13.8. The number of nitrogens with one attached hydrogen (secondary N) is 1. The van der Waals surface area contributed by atoms with Crippen LogP contribution in [0.1, 0.15) is 5.56 Å². The van der Waals surface area contributed by atoms with Crippen molar-refractivity contribution in [3.05, 3.63) is 72.2 Å². The number of benzene rings is 2. The summed E-state index contributed by atoms with van der Waals surface area (Å²) in [4.78, 5) is 0. The number of rotatable bonds is 4. The summed E-state index contributed by atoms with van der Waals surface area (Å²) in [6.45, 7) is 0.396. The van der Waals surface area contributed by atoms with Crippen LogP contribution in [0.2, 0.25) is 0 Å². The largest absolute Gasteiger partial charge is 0.471 e. The minimum Gasteiger partial charge on any atom is -0.471 e. The van der Waals surface area contributed by atoms with Gasteiger partial charge in [0.05, 0.1) is 5.56 Å². The fourth-order valence-electron chi connectivity index (χ4n) is 1.99. The Bertz CT molecular complexity index is 694. The second-order valence-electron chi connectivity index (χ2n) is 4.36. The monoisotopic (exact) mass is 268 g/mol. The summed E-state index contributed by atoms with van der Waals surface area (Å²) in [6, 6.07) is 16.3. The zero-order chi connectivity index (χ0) is 13.8. The first-order valence-electron chi connectivity index (χ1n) is 6.30. The van der Waals surface area contributed by atoms with Crippen LogP contribution < -0.4 is 4.74 Å². The van der Waals surface area contributed by atoms with E-state index in [2.05, 4.69) is 10.2 Å². The van der Waals surface area contributed by atoms with Gasteiger partial charge in [-0.15, -0.1) is 5.10 Å². The molecule has 0 unspecified atom stereocenters. The fraction of sp³-hybridized carbons (Fsp3) is 0.0625. The Morgan fingerprint density at radius 1 is 0.950 bits per heavy atom. The summed E-state index contributed by atoms with van der Waals surface area (Å²) in [6.07, 6.45) is 1.64. The molecule has 0 atom stereocenters. The van der Waals surface area contributed by atoms with Crippen LogP contribution in [0.15, 0.2) is 60.8 Å². The zero-order valence-electron chi connectivity index (χ0n) is 10.7. The van der Waals surface area contributed by atoms with Crippen molar-refractivity contribution in [2.24, 2.45) is 0 Å². The molecule has 1 N–H and O–H groups in total. The van der Waals surface area contributed by atoms with Crippen molar-refractivity contribution in [2.75, 3.05) is 0 Å². The van der Waals surface area contributed by atoms with Gasteiger partial charge in [-0.05, 0) is 11.6 Å². The molecule has 3 rings (SSSR count). The predicted octanol–water partition coefficient (Wildman–Crippen LogP) is 3.79. The number of hydrogen-bond acceptors (Lipinski definition) is 2. The molecule has 2 aromatic carbocycles. The molecular weight excluding hydrogens is 255 g/mol. The smallest absolute Gasteiger partial charge is 0.240 e. The number of hydrogen-bond donors (Lipinski definition) is 1. The number of halogens is 1. The van der Waals surface area contributed by atoms with Crippen LogP contribution in [-0.4, -0.2) is 10.2 Å². The number of aromatic amines is 1. The lowest BCUT2D eigenvalue weighted by Crippen LogP contribution is -1.97. The van der Waals surface area contributed by atoms with Gasteiger partial charge >= 0.3 is 0 Å². The first-order valence-corrected chi connectivity index (χ1v) is 6.30. The molecule has 100 valence electrons. The van der Waals surface area contributed by atoms with E-state index in [9.17, 15) is 4.39 Å². The second kappa shape index (κ2) is 5.57. The minimum atomic E-state index is -0.293. The van der Waals surface area contributed by atoms with Gasteiger partial charge < -0.3 is 4.74 Å². The molecule has 0 spiro atoms. The molecule has 20 heavy (non-hydrogen) atoms. The van der Waals surface area contributed by atoms with Crippen LogP contribution >= 0.6 is 0 Å². The Balaban J connectivity index is 1.83. The third-order valence-electron chi connectivity index (χ3n) is 2.99. The Labute approximate surface area is 116 Å². The van der Waals surface area contributed by atoms with Crippen LogP contribution in [0.5, 0.6) is 5.88 Å². The van der Waals surface area contributed by atoms with Crippen molar-refractivity contribution in [3.8, 4) is 17.0 Å². The summed E-state index contributed by atoms with van der Waals surface area (Å²) >= 11 is 0. The van der Waals surface area contributed by atoms with Gasteiger partial charge in [-0.3, -0.25) is 5.10 Å². The van der Waals surface area contributed by atoms with Gasteiger partial charge in [0.15, 0.2) is 0 Å². The van der Waals surface area contributed by atoms with E-state index < -0.39 is 0 Å². The predicted molar refractivity (Wildman–Crippen MR) is 74.8 cm³/mol. The van der Waals surface area contributed by atoms with Crippen molar-refractivity contribution in [3.63, 3.8) is 0 Å². The van der Waals surface area contributed by atoms with Gasteiger partial charge in [0.1, 0.15) is 12.4 Å². The first kappa shape index (κ1) is 12.4. The molecule has 0 aliphatic carbocycles. The highest BCUT2D eigenvalue weighted by Gasteiger charge is 2.13. The topological polar surface area (TPSA) is 37.9 Å². The quantitative estimate of drug-likeness (QED) is 0.781. The molecule has 0 amide bonds. The lowest BCUT2D eigenvalue weighted by Gasteiger charge is -2.06. The van der Waals surface area contributed by atoms with E-state index in [0.717, 1.165) is 5.56 Å². The highest BCUT2D eigenvalue weighted by Crippen LogP contribution is 2.30. The maximum Gasteiger partial charge on any atom is 0.240 e. The third kappa shape index (κ3) is 2.54. The van der Waals surface area contributed by atoms with Crippen molar-refractivity contribution >= 4 is 0 Å². The first-order chi connectivity index (χ1) is 9.84. The van der Waals surface area contributed by atoms with Crippen molar-refractivity contribution in [2.45, 2.75) is 6.61 Å². The molecule has 0 saturated carbocycles. The molecule has 0 aliphatic rings. The molecule has 0 fully saturated rings. The number of aromatic nitrogens is 2. The SMILES string of the molecule is Fc1ccccc1-c1c[nH]nc1OCc1ccccc1. The Kier molecular flexibility index (Phi) is 3.46. The van der Waals surface area contributed by atoms with Gasteiger partial charge in [0.25, 0.3) is 0 Å². The highest BCUT2D eigenvalue weighted by atomic mass is 19.1. The molecular formula is C16H13FN2O. The lowest BCUT2D eigenvalue weighted by molar-refractivity contribution is 0.294. The van der Waals surface area contributed by atoms with Crippen LogP contribution in [0.4, 0.5) is 4.39 Å². The maximum absolute atomic E-state index is 13.8. The Morgan fingerprint density at radius 2 is 1.70 bits per heavy atom. The van der Waals surface area contributed by atoms with Crippen LogP contribution in [-0.2, 0) is 6.61 Å². The summed E-state index contributed by atoms with van der Waals surface area (Å²) in [5.74, 6) is 0.109. The number of nitrogens with zero attached hydrogens (tertiary/aromatic N) is 1. The second-order valence-corrected chi connectivity index (χ2v) is 4.36. The van der Waals surface area contributed by atoms with Gasteiger partial charge in [-0.25, -0.2) is 4.39 Å². The van der Waals surface area contributed by atoms with Crippen molar-refractivity contribution in [1.82, 2.24) is 10.2 Å². The van der Waals surface area contributed by atoms with E-state index in [1.165, 1.54) is 6.07 Å². The number of ether oxygens (including phenoxy) is 1. The molecule has 1 heterocycles. The van der Waals surface area contributed by atoms with Crippen LogP contribution in [0.3, 0.4) is 0 Å². The standard InChI is InChI=1S/C16H13FN2O/c17-15-9-5-4-8-13(15)14-10-18-19-16(14)20-11-12-6-2-1-3-7-12/h1-10H,11H2,(H,18,19). The highest BCUT2D eigenvalue weighted by molar-refractivity contribution is 5.68. The Hall–Kier alpha value is -2.62. The molecule has 0 aliphatic heterocycles. The Morgan fingerprint density at radius 3 is 2.50 bits per heavy atom. The van der Waals surface area contributed by atoms with Crippen molar-refractivity contribution in [1.29, 1.82) is 0 Å². The lowest BCUT2D eigenvalue weighted by atomic mass is 10.1. The molecule has 3 nitrogen and oxygen atoms in total. The summed E-state index contributed by atoms with van der Waals surface area (Å²) in [5, 5.41) is 6.75. The summed E-state index contributed by atoms with van der Waals surface area (Å²) < 4.78 is 19.5. The van der Waals surface area contributed by atoms with Crippen molar-refractivity contribution < 1.29 is 9.13 Å². The van der Waals surface area contributed by atoms with Gasteiger partial charge in [0.2, 0.25) is 5.88 Å². The minimum absolute atomic E-state index is 0.293. The molecule has 4 heteroatoms. The molecule has 0 bridgehead atoms. The van der Waals surface area contributed by atoms with Crippen LogP contribution in [0, 0.1) is 5.82 Å². The molecule has 1 aromatic heterocycles. The molecule has 0 saturated heterocycles. The molecule has 3 aromatic rings. The zero-order valence-corrected chi connectivity index (χ0v) is 10.7. The van der Waals surface area contributed by atoms with E-state index in [-0.39, 0.29) is 5.82 Å². The van der Waals surface area contributed by atoms with E-state index in [0.29, 0.717) is 23.6 Å². The van der Waals surface area contributed by atoms with Gasteiger partial charge in [-0.1, -0.05) is 48.5 Å². The van der Waals surface area contributed by atoms with E-state index in [1.807, 2.05) is 30.3 Å². The van der Waals surface area contributed by atoms with E-state index in [1.54, 1.807) is 24.4 Å². The number of H-pyrrole nitrogens is 1. The summed E-state index contributed by atoms with van der Waals surface area (Å²) in [7, 11) is 0. The van der Waals surface area contributed by atoms with E-state index >= 15 is 0 Å².